The molecule has 0 atom stereocenters. The van der Waals surface area contributed by atoms with Gasteiger partial charge in [0.15, 0.2) is 0 Å². The minimum atomic E-state index is -5.17. The second-order valence-corrected chi connectivity index (χ2v) is 7.42. The number of rotatable bonds is 3. The van der Waals surface area contributed by atoms with E-state index in [1.807, 2.05) is 0 Å². The molecule has 0 amide bonds. The minimum absolute atomic E-state index is 0. The molecule has 2 rings (SSSR count). The van der Waals surface area contributed by atoms with Crippen LogP contribution in [0.1, 0.15) is 25.3 Å². The molecule has 0 fully saturated rings. The van der Waals surface area contributed by atoms with Crippen molar-refractivity contribution in [1.29, 1.82) is 0 Å². The standard InChI is InChI=1S/C14H16.2Fe.3H2O4S/c1-2-3-7-12-9-6-10-13-8-4-5-11-14(12)13;;;3*1-5(2,3)4/h4-6,8-11H,2-3,7H2,1H3;;;3*(H2,1,2,3,4)/q;2*+3;;;/p-6. The summed E-state index contributed by atoms with van der Waals surface area (Å²) >= 11 is 0. The first kappa shape index (κ1) is 37.7. The van der Waals surface area contributed by atoms with Gasteiger partial charge in [-0.2, -0.15) is 0 Å². The Hall–Kier alpha value is -0.651. The Labute approximate surface area is 202 Å². The third-order valence-electron chi connectivity index (χ3n) is 2.68. The number of hydrogen-bond donors (Lipinski definition) is 0. The zero-order valence-corrected chi connectivity index (χ0v) is 20.2. The van der Waals surface area contributed by atoms with E-state index in [1.54, 1.807) is 0 Å². The fraction of sp³-hybridized carbons (Fsp3) is 0.286. The van der Waals surface area contributed by atoms with Crippen LogP contribution in [0, 0.1) is 0 Å². The molecule has 0 aliphatic rings. The second kappa shape index (κ2) is 17.9. The molecular weight excluding hydrogens is 568 g/mol. The van der Waals surface area contributed by atoms with Crippen LogP contribution >= 0.6 is 0 Å². The van der Waals surface area contributed by atoms with Gasteiger partial charge in [0.05, 0.1) is 0 Å². The molecule has 2 radical (unpaired) electrons. The number of aryl methyl sites for hydroxylation is 1. The average molecular weight is 584 g/mol. The van der Waals surface area contributed by atoms with Gasteiger partial charge in [-0.3, -0.25) is 25.3 Å². The molecule has 31 heavy (non-hydrogen) atoms. The molecule has 0 saturated heterocycles. The first-order valence-electron chi connectivity index (χ1n) is 7.38. The van der Waals surface area contributed by atoms with Crippen molar-refractivity contribution in [3.05, 3.63) is 48.0 Å². The summed E-state index contributed by atoms with van der Waals surface area (Å²) in [5.41, 5.74) is 1.49. The van der Waals surface area contributed by atoms with E-state index in [1.165, 1.54) is 35.6 Å². The van der Waals surface area contributed by atoms with Gasteiger partial charge in [-0.05, 0) is 29.2 Å². The van der Waals surface area contributed by atoms with Gasteiger partial charge in [-0.25, -0.2) is 0 Å². The number of fused-ring (bicyclic) bond motifs is 1. The van der Waals surface area contributed by atoms with Gasteiger partial charge >= 0.3 is 34.1 Å². The van der Waals surface area contributed by atoms with Crippen molar-refractivity contribution in [3.63, 3.8) is 0 Å². The molecule has 178 valence electrons. The normalized spacial score (nSPS) is 10.4. The van der Waals surface area contributed by atoms with Crippen LogP contribution in [-0.4, -0.2) is 52.6 Å². The summed E-state index contributed by atoms with van der Waals surface area (Å²) in [5, 5.41) is 2.78. The SMILES string of the molecule is CCCCc1cccc2ccccc12.O=S(=O)([O-])[O-].O=S(=O)([O-])[O-].O=S(=O)([O-])[O-].[Fe+3].[Fe+3]. The van der Waals surface area contributed by atoms with E-state index in [9.17, 15) is 0 Å². The first-order chi connectivity index (χ1) is 12.9. The summed E-state index contributed by atoms with van der Waals surface area (Å²) in [5.74, 6) is 0. The maximum atomic E-state index is 8.52. The summed E-state index contributed by atoms with van der Waals surface area (Å²) in [6.45, 7) is 2.24. The Morgan fingerprint density at radius 1 is 0.645 bits per heavy atom. The average Bonchev–Trinajstić information content (AvgIpc) is 2.48. The summed E-state index contributed by atoms with van der Waals surface area (Å²) < 4.78 is 102. The van der Waals surface area contributed by atoms with Gasteiger partial charge in [0, 0.05) is 31.2 Å². The van der Waals surface area contributed by atoms with Crippen molar-refractivity contribution >= 4 is 42.0 Å². The largest absolute Gasteiger partial charge is 3.00 e. The van der Waals surface area contributed by atoms with Crippen LogP contribution in [0.3, 0.4) is 0 Å². The van der Waals surface area contributed by atoms with Gasteiger partial charge in [0.25, 0.3) is 0 Å². The van der Waals surface area contributed by atoms with Crippen LogP contribution in [0.2, 0.25) is 0 Å². The van der Waals surface area contributed by atoms with Crippen molar-refractivity contribution < 1.29 is 86.7 Å². The summed E-state index contributed by atoms with van der Waals surface area (Å²) in [4.78, 5) is 0. The molecular formula is C14H16Fe2O12S3. The fourth-order valence-electron chi connectivity index (χ4n) is 1.88. The van der Waals surface area contributed by atoms with Crippen LogP contribution in [0.25, 0.3) is 10.8 Å². The van der Waals surface area contributed by atoms with E-state index < -0.39 is 31.2 Å². The van der Waals surface area contributed by atoms with E-state index in [4.69, 9.17) is 52.6 Å². The minimum Gasteiger partial charge on any atom is -0.759 e. The van der Waals surface area contributed by atoms with Crippen LogP contribution in [0.4, 0.5) is 0 Å². The molecule has 0 aromatic heterocycles. The van der Waals surface area contributed by atoms with E-state index in [0.29, 0.717) is 0 Å². The van der Waals surface area contributed by atoms with E-state index in [0.717, 1.165) is 0 Å². The summed E-state index contributed by atoms with van der Waals surface area (Å²) in [6.07, 6.45) is 3.76. The molecule has 0 saturated carbocycles. The van der Waals surface area contributed by atoms with Crippen molar-refractivity contribution in [3.8, 4) is 0 Å². The molecule has 0 bridgehead atoms. The zero-order valence-electron chi connectivity index (χ0n) is 15.5. The van der Waals surface area contributed by atoms with Crippen LogP contribution in [0.15, 0.2) is 42.5 Å². The molecule has 17 heteroatoms. The predicted octanol–water partition coefficient (Wildman–Crippen LogP) is 0.163. The van der Waals surface area contributed by atoms with E-state index in [2.05, 4.69) is 49.4 Å². The Kier molecular flexibility index (Phi) is 21.7. The van der Waals surface area contributed by atoms with Crippen LogP contribution in [0.5, 0.6) is 0 Å². The number of unbranched alkanes of at least 4 members (excludes halogenated alkanes) is 1. The number of benzene rings is 2. The fourth-order valence-corrected chi connectivity index (χ4v) is 1.88. The first-order valence-corrected chi connectivity index (χ1v) is 11.4. The third kappa shape index (κ3) is 37.0. The van der Waals surface area contributed by atoms with Gasteiger partial charge in [0.1, 0.15) is 0 Å². The molecule has 12 nitrogen and oxygen atoms in total. The molecule has 0 unspecified atom stereocenters. The van der Waals surface area contributed by atoms with Crippen molar-refractivity contribution in [2.24, 2.45) is 0 Å². The van der Waals surface area contributed by atoms with Crippen LogP contribution in [-0.2, 0) is 71.8 Å². The molecule has 0 aliphatic carbocycles. The van der Waals surface area contributed by atoms with Gasteiger partial charge in [0.2, 0.25) is 0 Å². The zero-order chi connectivity index (χ0) is 23.3. The van der Waals surface area contributed by atoms with Crippen molar-refractivity contribution in [2.45, 2.75) is 26.2 Å². The Morgan fingerprint density at radius 2 is 1.00 bits per heavy atom. The Bertz CT molecular complexity index is 954. The van der Waals surface area contributed by atoms with E-state index in [-0.39, 0.29) is 34.1 Å². The van der Waals surface area contributed by atoms with E-state index >= 15 is 0 Å². The molecule has 0 heterocycles. The second-order valence-electron chi connectivity index (χ2n) is 4.97. The molecule has 0 N–H and O–H groups in total. The molecule has 2 aromatic rings. The van der Waals surface area contributed by atoms with Gasteiger partial charge < -0.3 is 27.3 Å². The summed E-state index contributed by atoms with van der Waals surface area (Å²) in [6, 6.07) is 15.2. The van der Waals surface area contributed by atoms with Gasteiger partial charge in [-0.15, -0.1) is 0 Å². The molecule has 0 aliphatic heterocycles. The Morgan fingerprint density at radius 3 is 1.39 bits per heavy atom. The summed E-state index contributed by atoms with van der Waals surface area (Å²) in [7, 11) is -15.5. The number of hydrogen-bond acceptors (Lipinski definition) is 12. The molecule has 0 spiro atoms. The van der Waals surface area contributed by atoms with Crippen molar-refractivity contribution in [2.75, 3.05) is 0 Å². The monoisotopic (exact) mass is 584 g/mol. The quantitative estimate of drug-likeness (QED) is 0.266. The van der Waals surface area contributed by atoms with Crippen molar-refractivity contribution in [1.82, 2.24) is 0 Å². The third-order valence-corrected chi connectivity index (χ3v) is 2.68. The van der Waals surface area contributed by atoms with Crippen LogP contribution < -0.4 is 0 Å². The maximum absolute atomic E-state index is 8.52. The topological polar surface area (TPSA) is 241 Å². The molecule has 2 aromatic carbocycles. The van der Waals surface area contributed by atoms with Gasteiger partial charge in [-0.1, -0.05) is 55.8 Å². The Balaban J connectivity index is -0.000000181. The smallest absolute Gasteiger partial charge is 0.759 e. The predicted molar refractivity (Wildman–Crippen MR) is 94.0 cm³/mol. The maximum Gasteiger partial charge on any atom is 3.00 e.